The molecule has 0 spiro atoms. The highest BCUT2D eigenvalue weighted by Gasteiger charge is 2.37. The number of alkyl halides is 3. The van der Waals surface area contributed by atoms with Gasteiger partial charge in [-0.05, 0) is 32.0 Å². The molecule has 0 aliphatic heterocycles. The van der Waals surface area contributed by atoms with Crippen molar-refractivity contribution < 1.29 is 35.2 Å². The summed E-state index contributed by atoms with van der Waals surface area (Å²) in [5, 5.41) is 2.32. The van der Waals surface area contributed by atoms with Crippen LogP contribution in [0, 0.1) is 11.6 Å². The topological polar surface area (TPSA) is 75.3 Å². The lowest BCUT2D eigenvalue weighted by molar-refractivity contribution is -0.139. The first-order valence-corrected chi connectivity index (χ1v) is 9.75. The highest BCUT2D eigenvalue weighted by Crippen LogP contribution is 2.33. The van der Waals surface area contributed by atoms with Crippen LogP contribution >= 0.6 is 0 Å². The van der Waals surface area contributed by atoms with Crippen LogP contribution in [0.2, 0.25) is 0 Å². The Hall–Kier alpha value is -2.53. The van der Waals surface area contributed by atoms with Crippen molar-refractivity contribution in [1.82, 2.24) is 10.0 Å². The lowest BCUT2D eigenvalue weighted by atomic mass is 10.1. The summed E-state index contributed by atoms with van der Waals surface area (Å²) in [4.78, 5) is 11.2. The Morgan fingerprint density at radius 1 is 1.03 bits per heavy atom. The Morgan fingerprint density at radius 3 is 2.24 bits per heavy atom. The number of sulfonamides is 1. The molecule has 1 unspecified atom stereocenters. The SMILES string of the molecule is CC(NC(=O)[C@H](C)NS(=O)(=O)c1ccccc1C(F)(F)F)c1ccc(F)cc1F. The zero-order valence-corrected chi connectivity index (χ0v) is 16.0. The van der Waals surface area contributed by atoms with E-state index in [9.17, 15) is 35.2 Å². The molecule has 0 aliphatic rings. The van der Waals surface area contributed by atoms with Crippen molar-refractivity contribution in [2.24, 2.45) is 0 Å². The number of hydrogen-bond acceptors (Lipinski definition) is 3. The van der Waals surface area contributed by atoms with Gasteiger partial charge in [0.1, 0.15) is 11.6 Å². The van der Waals surface area contributed by atoms with Crippen LogP contribution < -0.4 is 10.0 Å². The summed E-state index contributed by atoms with van der Waals surface area (Å²) in [5.41, 5.74) is -1.42. The van der Waals surface area contributed by atoms with E-state index in [0.29, 0.717) is 12.1 Å². The number of rotatable bonds is 6. The molecule has 0 saturated carbocycles. The van der Waals surface area contributed by atoms with Crippen molar-refractivity contribution in [3.63, 3.8) is 0 Å². The summed E-state index contributed by atoms with van der Waals surface area (Å²) in [6, 6.07) is 3.85. The van der Waals surface area contributed by atoms with E-state index in [4.69, 9.17) is 0 Å². The average Bonchev–Trinajstić information content (AvgIpc) is 2.60. The van der Waals surface area contributed by atoms with E-state index in [0.717, 1.165) is 37.3 Å². The molecule has 5 nitrogen and oxygen atoms in total. The molecule has 29 heavy (non-hydrogen) atoms. The first-order valence-electron chi connectivity index (χ1n) is 8.27. The molecule has 0 bridgehead atoms. The molecule has 0 heterocycles. The molecular formula is C18H17F5N2O3S. The zero-order valence-electron chi connectivity index (χ0n) is 15.2. The van der Waals surface area contributed by atoms with Crippen molar-refractivity contribution >= 4 is 15.9 Å². The Labute approximate surface area is 164 Å². The van der Waals surface area contributed by atoms with Crippen LogP contribution in [-0.4, -0.2) is 20.4 Å². The molecule has 2 atom stereocenters. The van der Waals surface area contributed by atoms with Crippen molar-refractivity contribution in [2.75, 3.05) is 0 Å². The van der Waals surface area contributed by atoms with Gasteiger partial charge in [0.2, 0.25) is 15.9 Å². The second-order valence-electron chi connectivity index (χ2n) is 6.23. The second kappa shape index (κ2) is 8.46. The molecular weight excluding hydrogens is 419 g/mol. The minimum atomic E-state index is -4.91. The first-order chi connectivity index (χ1) is 13.3. The third kappa shape index (κ3) is 5.51. The number of amides is 1. The van der Waals surface area contributed by atoms with Gasteiger partial charge >= 0.3 is 6.18 Å². The van der Waals surface area contributed by atoms with Gasteiger partial charge < -0.3 is 5.32 Å². The quantitative estimate of drug-likeness (QED) is 0.681. The molecule has 2 rings (SSSR count). The Balaban J connectivity index is 2.17. The molecule has 0 fully saturated rings. The van der Waals surface area contributed by atoms with Crippen LogP contribution in [0.25, 0.3) is 0 Å². The monoisotopic (exact) mass is 436 g/mol. The Bertz CT molecular complexity index is 1010. The molecule has 0 aromatic heterocycles. The minimum absolute atomic E-state index is 0.0442. The molecule has 0 aliphatic carbocycles. The van der Waals surface area contributed by atoms with Crippen LogP contribution in [0.15, 0.2) is 47.4 Å². The van der Waals surface area contributed by atoms with Crippen LogP contribution in [-0.2, 0) is 21.0 Å². The Morgan fingerprint density at radius 2 is 1.66 bits per heavy atom. The number of carbonyl (C=O) groups is 1. The largest absolute Gasteiger partial charge is 0.417 e. The van der Waals surface area contributed by atoms with Gasteiger partial charge in [0.25, 0.3) is 0 Å². The molecule has 11 heteroatoms. The van der Waals surface area contributed by atoms with Gasteiger partial charge in [-0.25, -0.2) is 17.2 Å². The molecule has 1 amide bonds. The van der Waals surface area contributed by atoms with Crippen LogP contribution in [0.1, 0.15) is 31.0 Å². The standard InChI is InChI=1S/C18H17F5N2O3S/c1-10(13-8-7-12(19)9-15(13)20)24-17(26)11(2)25-29(27,28)16-6-4-3-5-14(16)18(21,22)23/h3-11,25H,1-2H3,(H,24,26)/t10?,11-/m0/s1. The van der Waals surface area contributed by atoms with Crippen LogP contribution in [0.3, 0.4) is 0 Å². The van der Waals surface area contributed by atoms with Gasteiger partial charge in [-0.2, -0.15) is 17.9 Å². The molecule has 0 radical (unpaired) electrons. The highest BCUT2D eigenvalue weighted by molar-refractivity contribution is 7.89. The number of benzene rings is 2. The first kappa shape index (κ1) is 22.8. The summed E-state index contributed by atoms with van der Waals surface area (Å²) in [5.74, 6) is -2.63. The maximum Gasteiger partial charge on any atom is 0.417 e. The lowest BCUT2D eigenvalue weighted by Gasteiger charge is -2.20. The maximum atomic E-state index is 13.8. The normalized spacial score (nSPS) is 14.3. The lowest BCUT2D eigenvalue weighted by Crippen LogP contribution is -2.45. The third-order valence-corrected chi connectivity index (χ3v) is 5.59. The number of carbonyl (C=O) groups excluding carboxylic acids is 1. The molecule has 0 saturated heterocycles. The summed E-state index contributed by atoms with van der Waals surface area (Å²) in [6.45, 7) is 2.51. The van der Waals surface area contributed by atoms with Gasteiger partial charge in [-0.15, -0.1) is 0 Å². The second-order valence-corrected chi connectivity index (χ2v) is 7.92. The smallest absolute Gasteiger partial charge is 0.348 e. The van der Waals surface area contributed by atoms with Crippen LogP contribution in [0.4, 0.5) is 22.0 Å². The summed E-state index contributed by atoms with van der Waals surface area (Å²) < 4.78 is 92.6. The van der Waals surface area contributed by atoms with E-state index >= 15 is 0 Å². The van der Waals surface area contributed by atoms with Gasteiger partial charge in [-0.3, -0.25) is 4.79 Å². The van der Waals surface area contributed by atoms with E-state index in [1.54, 1.807) is 0 Å². The fourth-order valence-corrected chi connectivity index (χ4v) is 3.98. The van der Waals surface area contributed by atoms with E-state index in [1.807, 2.05) is 4.72 Å². The van der Waals surface area contributed by atoms with E-state index in [1.165, 1.54) is 6.92 Å². The van der Waals surface area contributed by atoms with Gasteiger partial charge in [0.15, 0.2) is 0 Å². The number of hydrogen-bond donors (Lipinski definition) is 2. The van der Waals surface area contributed by atoms with E-state index in [2.05, 4.69) is 5.32 Å². The number of nitrogens with one attached hydrogen (secondary N) is 2. The Kier molecular flexibility index (Phi) is 6.63. The summed E-state index contributed by atoms with van der Waals surface area (Å²) >= 11 is 0. The fraction of sp³-hybridized carbons (Fsp3) is 0.278. The summed E-state index contributed by atoms with van der Waals surface area (Å²) in [7, 11) is -4.69. The van der Waals surface area contributed by atoms with Gasteiger partial charge in [0.05, 0.1) is 22.5 Å². The van der Waals surface area contributed by atoms with Crippen molar-refractivity contribution in [2.45, 2.75) is 37.0 Å². The highest BCUT2D eigenvalue weighted by atomic mass is 32.2. The molecule has 2 aromatic carbocycles. The summed E-state index contributed by atoms with van der Waals surface area (Å²) in [6.07, 6.45) is -4.91. The van der Waals surface area contributed by atoms with Crippen molar-refractivity contribution in [3.8, 4) is 0 Å². The molecule has 2 N–H and O–H groups in total. The molecule has 2 aromatic rings. The third-order valence-electron chi connectivity index (χ3n) is 3.99. The predicted molar refractivity (Wildman–Crippen MR) is 94.1 cm³/mol. The van der Waals surface area contributed by atoms with Crippen molar-refractivity contribution in [1.29, 1.82) is 0 Å². The fourth-order valence-electron chi connectivity index (χ4n) is 2.55. The van der Waals surface area contributed by atoms with E-state index < -0.39 is 56.3 Å². The van der Waals surface area contributed by atoms with Crippen molar-refractivity contribution in [3.05, 3.63) is 65.2 Å². The van der Waals surface area contributed by atoms with Gasteiger partial charge in [0, 0.05) is 11.6 Å². The van der Waals surface area contributed by atoms with Crippen LogP contribution in [0.5, 0.6) is 0 Å². The minimum Gasteiger partial charge on any atom is -0.348 e. The number of halogens is 5. The zero-order chi connectivity index (χ0) is 22.0. The molecule has 158 valence electrons. The average molecular weight is 436 g/mol. The maximum absolute atomic E-state index is 13.8. The predicted octanol–water partition coefficient (Wildman–Crippen LogP) is 3.53. The van der Waals surface area contributed by atoms with Gasteiger partial charge in [-0.1, -0.05) is 18.2 Å². The van der Waals surface area contributed by atoms with E-state index in [-0.39, 0.29) is 5.56 Å².